The summed E-state index contributed by atoms with van der Waals surface area (Å²) in [5.41, 5.74) is 2.88. The number of amides is 1. The maximum absolute atomic E-state index is 15.1. The number of hydrogen-bond donors (Lipinski definition) is 3. The molecule has 0 unspecified atom stereocenters. The van der Waals surface area contributed by atoms with Crippen molar-refractivity contribution in [3.05, 3.63) is 115 Å². The Morgan fingerprint density at radius 2 is 1.68 bits per heavy atom. The largest absolute Gasteiger partial charge is 0.460 e. The van der Waals surface area contributed by atoms with Crippen LogP contribution in [0.15, 0.2) is 119 Å². The highest BCUT2D eigenvalue weighted by Gasteiger charge is 2.66. The van der Waals surface area contributed by atoms with Crippen LogP contribution in [-0.4, -0.2) is 79.9 Å². The maximum Gasteiger partial charge on any atom is 0.243 e. The van der Waals surface area contributed by atoms with Crippen molar-refractivity contribution in [1.29, 1.82) is 0 Å². The van der Waals surface area contributed by atoms with E-state index in [1.165, 1.54) is 30.5 Å². The number of benzene rings is 4. The summed E-state index contributed by atoms with van der Waals surface area (Å²) in [6.45, 7) is 7.70. The molecule has 6 atom stereocenters. The maximum atomic E-state index is 15.1. The van der Waals surface area contributed by atoms with E-state index in [9.17, 15) is 15.0 Å². The zero-order chi connectivity index (χ0) is 43.9. The molecular formula is C49H59N3O9S. The van der Waals surface area contributed by atoms with Gasteiger partial charge in [-0.25, -0.2) is 8.42 Å². The Balaban J connectivity index is 1.43. The van der Waals surface area contributed by atoms with E-state index >= 15 is 8.42 Å². The first kappa shape index (κ1) is 45.0. The van der Waals surface area contributed by atoms with Crippen molar-refractivity contribution >= 4 is 38.1 Å². The average molecular weight is 866 g/mol. The molecule has 3 N–H and O–H groups in total. The van der Waals surface area contributed by atoms with Crippen LogP contribution in [-0.2, 0) is 24.4 Å². The number of carbonyl (C=O) groups excluding carboxylic acids is 1. The van der Waals surface area contributed by atoms with Gasteiger partial charge in [-0.1, -0.05) is 67.4 Å². The molecule has 3 aliphatic rings. The molecule has 13 heteroatoms. The van der Waals surface area contributed by atoms with Gasteiger partial charge in [0.2, 0.25) is 21.7 Å². The summed E-state index contributed by atoms with van der Waals surface area (Å²) >= 11 is 0. The number of sulfonamides is 1. The van der Waals surface area contributed by atoms with Gasteiger partial charge >= 0.3 is 0 Å². The Morgan fingerprint density at radius 3 is 2.37 bits per heavy atom. The third-order valence-corrected chi connectivity index (χ3v) is 14.3. The first-order chi connectivity index (χ1) is 30.1. The van der Waals surface area contributed by atoms with Crippen LogP contribution in [0.5, 0.6) is 17.2 Å². The number of carbonyl (C=O) groups is 1. The number of anilines is 1. The van der Waals surface area contributed by atoms with Crippen LogP contribution in [0.2, 0.25) is 0 Å². The summed E-state index contributed by atoms with van der Waals surface area (Å²) in [7, 11) is -2.73. The second-order valence-electron chi connectivity index (χ2n) is 16.4. The van der Waals surface area contributed by atoms with Crippen LogP contribution < -0.4 is 14.8 Å². The molecule has 1 aliphatic heterocycles. The zero-order valence-electron chi connectivity index (χ0n) is 35.9. The van der Waals surface area contributed by atoms with E-state index in [-0.39, 0.29) is 61.3 Å². The smallest absolute Gasteiger partial charge is 0.243 e. The summed E-state index contributed by atoms with van der Waals surface area (Å²) in [4.78, 5) is 17.4. The SMILES string of the molecule is C=CCO[C@@]12Oc3ccc(Oc4ccc5ccccc5c4)cc3[C@H]3[C@H](CCCCO)[C@@H](CCCCO)C=C(C(=NOC)C[C@@H]1N(CCC)S(=O)(=O)c1ccc(NC(C)=O)cc1)[C@H]32. The number of aliphatic hydroxyl groups excluding tert-OH is 2. The molecule has 62 heavy (non-hydrogen) atoms. The molecule has 1 heterocycles. The van der Waals surface area contributed by atoms with Crippen LogP contribution in [0.4, 0.5) is 5.69 Å². The Hall–Kier alpha value is -5.05. The zero-order valence-corrected chi connectivity index (χ0v) is 36.7. The first-order valence-electron chi connectivity index (χ1n) is 21.8. The quantitative estimate of drug-likeness (QED) is 0.0449. The van der Waals surface area contributed by atoms with Crippen molar-refractivity contribution in [3.63, 3.8) is 0 Å². The summed E-state index contributed by atoms with van der Waals surface area (Å²) in [5, 5.41) is 29.4. The number of aliphatic hydroxyl groups is 2. The molecule has 0 spiro atoms. The second kappa shape index (κ2) is 20.0. The first-order valence-corrected chi connectivity index (χ1v) is 23.2. The molecule has 1 amide bonds. The van der Waals surface area contributed by atoms with Crippen molar-refractivity contribution in [2.75, 3.05) is 38.8 Å². The molecule has 7 rings (SSSR count). The topological polar surface area (TPSA) is 156 Å². The molecule has 0 saturated heterocycles. The lowest BCUT2D eigenvalue weighted by atomic mass is 9.55. The summed E-state index contributed by atoms with van der Waals surface area (Å²) in [6, 6.07) is 25.2. The lowest BCUT2D eigenvalue weighted by Crippen LogP contribution is -2.70. The average Bonchev–Trinajstić information content (AvgIpc) is 3.26. The fourth-order valence-corrected chi connectivity index (χ4v) is 11.6. The van der Waals surface area contributed by atoms with Gasteiger partial charge in [0.05, 0.1) is 29.2 Å². The molecule has 4 aromatic carbocycles. The number of nitrogens with one attached hydrogen (secondary N) is 1. The minimum Gasteiger partial charge on any atom is -0.460 e. The van der Waals surface area contributed by atoms with Gasteiger partial charge in [-0.3, -0.25) is 4.79 Å². The highest BCUT2D eigenvalue weighted by Crippen LogP contribution is 2.62. The molecule has 1 saturated carbocycles. The van der Waals surface area contributed by atoms with Gasteiger partial charge in [0, 0.05) is 50.3 Å². The second-order valence-corrected chi connectivity index (χ2v) is 18.3. The van der Waals surface area contributed by atoms with E-state index in [0.717, 1.165) is 47.6 Å². The number of fused-ring (bicyclic) bond motifs is 3. The Kier molecular flexibility index (Phi) is 14.5. The molecule has 0 radical (unpaired) electrons. The molecule has 12 nitrogen and oxygen atoms in total. The van der Waals surface area contributed by atoms with Gasteiger partial charge < -0.3 is 34.6 Å². The normalized spacial score (nSPS) is 23.5. The number of oxime groups is 1. The number of unbranched alkanes of at least 4 members (excludes halogenated alkanes) is 2. The van der Waals surface area contributed by atoms with Gasteiger partial charge in [0.15, 0.2) is 0 Å². The predicted octanol–water partition coefficient (Wildman–Crippen LogP) is 8.95. The monoisotopic (exact) mass is 865 g/mol. The predicted molar refractivity (Wildman–Crippen MR) is 241 cm³/mol. The summed E-state index contributed by atoms with van der Waals surface area (Å²) in [5.74, 6) is -0.755. The summed E-state index contributed by atoms with van der Waals surface area (Å²) < 4.78 is 52.6. The summed E-state index contributed by atoms with van der Waals surface area (Å²) in [6.07, 6.45) is 8.96. The minimum absolute atomic E-state index is 0.000588. The molecule has 1 fully saturated rings. The van der Waals surface area contributed by atoms with Gasteiger partial charge in [-0.2, -0.15) is 4.31 Å². The number of rotatable bonds is 20. The van der Waals surface area contributed by atoms with Gasteiger partial charge in [-0.15, -0.1) is 6.58 Å². The van der Waals surface area contributed by atoms with E-state index in [2.05, 4.69) is 35.3 Å². The van der Waals surface area contributed by atoms with E-state index in [1.807, 2.05) is 55.5 Å². The van der Waals surface area contributed by atoms with E-state index in [0.29, 0.717) is 47.9 Å². The highest BCUT2D eigenvalue weighted by molar-refractivity contribution is 7.89. The number of nitrogens with zero attached hydrogens (tertiary/aromatic N) is 2. The van der Waals surface area contributed by atoms with Gasteiger partial charge in [0.1, 0.15) is 24.4 Å². The third kappa shape index (κ3) is 9.19. The Morgan fingerprint density at radius 1 is 0.968 bits per heavy atom. The van der Waals surface area contributed by atoms with Gasteiger partial charge in [-0.05, 0) is 115 Å². The van der Waals surface area contributed by atoms with E-state index in [4.69, 9.17) is 19.0 Å². The van der Waals surface area contributed by atoms with Crippen molar-refractivity contribution in [2.45, 2.75) is 87.9 Å². The minimum atomic E-state index is -4.23. The molecule has 330 valence electrons. The Labute approximate surface area is 365 Å². The molecule has 2 aliphatic carbocycles. The lowest BCUT2D eigenvalue weighted by molar-refractivity contribution is -0.251. The van der Waals surface area contributed by atoms with E-state index in [1.54, 1.807) is 18.2 Å². The van der Waals surface area contributed by atoms with Crippen molar-refractivity contribution in [2.24, 2.45) is 22.9 Å². The standard InChI is InChI=1S/C49H59N3O9S/c1-5-25-52(62(56,57)40-22-18-37(19-23-40)50-33(3)55)46-32-44(51-58-4)42-30-36(15-9-11-26-53)41(16-10-12-27-54)47-43-31-39(60-38-20-17-34-13-7-8-14-35(34)29-38)21-24-45(43)61-49(46,48(42)47)59-28-6-2/h6-8,13-14,17-24,29-31,36,41,46-48,53-54H,2,5,9-12,15-16,25-28,32H2,1,3-4H3,(H,50,55)/t36-,41+,46-,47+,48+,49+/m0/s1. The molecule has 0 aromatic heterocycles. The number of allylic oxidation sites excluding steroid dienone is 1. The van der Waals surface area contributed by atoms with Crippen LogP contribution >= 0.6 is 0 Å². The van der Waals surface area contributed by atoms with Crippen LogP contribution in [0.25, 0.3) is 10.8 Å². The Bertz CT molecular complexity index is 2380. The molecule has 0 bridgehead atoms. The van der Waals surface area contributed by atoms with Crippen molar-refractivity contribution in [3.8, 4) is 17.2 Å². The van der Waals surface area contributed by atoms with Crippen LogP contribution in [0, 0.1) is 17.8 Å². The lowest BCUT2D eigenvalue weighted by Gasteiger charge is -2.59. The van der Waals surface area contributed by atoms with Crippen LogP contribution in [0.3, 0.4) is 0 Å². The fraction of sp³-hybridized carbons (Fsp3) is 0.429. The van der Waals surface area contributed by atoms with Gasteiger partial charge in [0.25, 0.3) is 0 Å². The molecular weight excluding hydrogens is 807 g/mol. The van der Waals surface area contributed by atoms with E-state index < -0.39 is 27.8 Å². The highest BCUT2D eigenvalue weighted by atomic mass is 32.2. The number of hydrogen-bond acceptors (Lipinski definition) is 10. The fourth-order valence-electron chi connectivity index (χ4n) is 9.88. The van der Waals surface area contributed by atoms with Crippen LogP contribution in [0.1, 0.15) is 76.7 Å². The van der Waals surface area contributed by atoms with Crippen molar-refractivity contribution < 1.29 is 42.5 Å². The third-order valence-electron chi connectivity index (χ3n) is 12.4. The molecule has 4 aromatic rings. The number of ether oxygens (including phenoxy) is 3. The van der Waals surface area contributed by atoms with Crippen molar-refractivity contribution in [1.82, 2.24) is 4.31 Å².